The van der Waals surface area contributed by atoms with Gasteiger partial charge in [-0.2, -0.15) is 0 Å². The predicted molar refractivity (Wildman–Crippen MR) is 96.0 cm³/mol. The SMILES string of the molecule is CCOP(=O)(OCC)/C(=C\c1cccc(OC)c1)c1cccnc1. The lowest BCUT2D eigenvalue weighted by Crippen LogP contribution is -1.99. The van der Waals surface area contributed by atoms with Crippen molar-refractivity contribution in [1.29, 1.82) is 0 Å². The standard InChI is InChI=1S/C18H22NO4P/c1-4-22-24(20,23-5-2)18(16-9-7-11-19-14-16)13-15-8-6-10-17(12-15)21-3/h6-14H,4-5H2,1-3H3/b18-13-. The average molecular weight is 347 g/mol. The summed E-state index contributed by atoms with van der Waals surface area (Å²) in [5, 5.41) is 0.479. The number of aromatic nitrogens is 1. The first-order valence-electron chi connectivity index (χ1n) is 7.78. The molecule has 0 radical (unpaired) electrons. The van der Waals surface area contributed by atoms with Gasteiger partial charge in [-0.15, -0.1) is 0 Å². The van der Waals surface area contributed by atoms with E-state index in [1.54, 1.807) is 45.5 Å². The Hall–Kier alpha value is -1.94. The minimum atomic E-state index is -3.46. The van der Waals surface area contributed by atoms with Crippen LogP contribution in [0.15, 0.2) is 48.8 Å². The summed E-state index contributed by atoms with van der Waals surface area (Å²) in [5.74, 6) is 0.719. The third kappa shape index (κ3) is 4.54. The summed E-state index contributed by atoms with van der Waals surface area (Å²) in [6.07, 6.45) is 5.11. The maximum Gasteiger partial charge on any atom is 0.361 e. The van der Waals surface area contributed by atoms with Crippen LogP contribution in [0.3, 0.4) is 0 Å². The number of hydrogen-bond donors (Lipinski definition) is 0. The normalized spacial score (nSPS) is 12.2. The average Bonchev–Trinajstić information content (AvgIpc) is 2.61. The van der Waals surface area contributed by atoms with Crippen LogP contribution in [-0.4, -0.2) is 25.3 Å². The number of ether oxygens (including phenoxy) is 1. The maximum atomic E-state index is 13.3. The Morgan fingerprint density at radius 2 is 1.92 bits per heavy atom. The van der Waals surface area contributed by atoms with Crippen molar-refractivity contribution < 1.29 is 18.3 Å². The highest BCUT2D eigenvalue weighted by Gasteiger charge is 2.31. The smallest absolute Gasteiger partial charge is 0.361 e. The Kier molecular flexibility index (Phi) is 6.73. The van der Waals surface area contributed by atoms with Gasteiger partial charge in [0.25, 0.3) is 0 Å². The predicted octanol–water partition coefficient (Wildman–Crippen LogP) is 4.85. The molecule has 5 nitrogen and oxygen atoms in total. The highest BCUT2D eigenvalue weighted by atomic mass is 31.2. The monoisotopic (exact) mass is 347 g/mol. The molecular weight excluding hydrogens is 325 g/mol. The molecule has 128 valence electrons. The van der Waals surface area contributed by atoms with Gasteiger partial charge < -0.3 is 13.8 Å². The third-order valence-electron chi connectivity index (χ3n) is 3.25. The van der Waals surface area contributed by atoms with Crippen molar-refractivity contribution in [2.45, 2.75) is 13.8 Å². The van der Waals surface area contributed by atoms with Gasteiger partial charge in [-0.3, -0.25) is 9.55 Å². The summed E-state index contributed by atoms with van der Waals surface area (Å²) in [6.45, 7) is 4.15. The quantitative estimate of drug-likeness (QED) is 0.639. The summed E-state index contributed by atoms with van der Waals surface area (Å²) in [6, 6.07) is 11.1. The molecule has 0 amide bonds. The van der Waals surface area contributed by atoms with E-state index in [0.29, 0.717) is 10.9 Å². The highest BCUT2D eigenvalue weighted by Crippen LogP contribution is 2.61. The van der Waals surface area contributed by atoms with Gasteiger partial charge in [0.1, 0.15) is 5.75 Å². The van der Waals surface area contributed by atoms with Gasteiger partial charge in [-0.1, -0.05) is 18.2 Å². The van der Waals surface area contributed by atoms with Crippen LogP contribution in [0.1, 0.15) is 25.0 Å². The summed E-state index contributed by atoms with van der Waals surface area (Å²) < 4.78 is 29.6. The molecule has 0 spiro atoms. The van der Waals surface area contributed by atoms with E-state index in [1.165, 1.54) is 0 Å². The van der Waals surface area contributed by atoms with E-state index in [4.69, 9.17) is 13.8 Å². The number of hydrogen-bond acceptors (Lipinski definition) is 5. The van der Waals surface area contributed by atoms with Gasteiger partial charge in [-0.05, 0) is 43.7 Å². The first-order chi connectivity index (χ1) is 11.6. The van der Waals surface area contributed by atoms with Gasteiger partial charge >= 0.3 is 7.60 Å². The number of methoxy groups -OCH3 is 1. The largest absolute Gasteiger partial charge is 0.497 e. The summed E-state index contributed by atoms with van der Waals surface area (Å²) in [5.41, 5.74) is 1.54. The van der Waals surface area contributed by atoms with E-state index in [9.17, 15) is 4.57 Å². The number of nitrogens with zero attached hydrogens (tertiary/aromatic N) is 1. The van der Waals surface area contributed by atoms with Crippen molar-refractivity contribution >= 4 is 19.0 Å². The van der Waals surface area contributed by atoms with E-state index in [-0.39, 0.29) is 13.2 Å². The summed E-state index contributed by atoms with van der Waals surface area (Å²) in [7, 11) is -1.85. The minimum absolute atomic E-state index is 0.285. The molecule has 0 bridgehead atoms. The molecule has 0 fully saturated rings. The summed E-state index contributed by atoms with van der Waals surface area (Å²) >= 11 is 0. The summed E-state index contributed by atoms with van der Waals surface area (Å²) in [4.78, 5) is 4.12. The minimum Gasteiger partial charge on any atom is -0.497 e. The molecule has 2 aromatic rings. The second kappa shape index (κ2) is 8.78. The molecule has 1 aromatic heterocycles. The van der Waals surface area contributed by atoms with Gasteiger partial charge in [0.05, 0.1) is 25.6 Å². The molecule has 0 atom stereocenters. The fourth-order valence-electron chi connectivity index (χ4n) is 2.24. The van der Waals surface area contributed by atoms with E-state index in [0.717, 1.165) is 11.3 Å². The van der Waals surface area contributed by atoms with Crippen molar-refractivity contribution in [1.82, 2.24) is 4.98 Å². The molecule has 0 aliphatic rings. The van der Waals surface area contributed by atoms with E-state index >= 15 is 0 Å². The Balaban J connectivity index is 2.57. The van der Waals surface area contributed by atoms with Crippen LogP contribution >= 0.6 is 7.60 Å². The lowest BCUT2D eigenvalue weighted by Gasteiger charge is -2.20. The fraction of sp³-hybridized carbons (Fsp3) is 0.278. The third-order valence-corrected chi connectivity index (χ3v) is 5.42. The molecule has 0 aliphatic carbocycles. The molecular formula is C18H22NO4P. The van der Waals surface area contributed by atoms with Crippen LogP contribution in [0.4, 0.5) is 0 Å². The van der Waals surface area contributed by atoms with Crippen LogP contribution < -0.4 is 4.74 Å². The molecule has 6 heteroatoms. The molecule has 0 saturated carbocycles. The fourth-order valence-corrected chi connectivity index (χ4v) is 4.03. The van der Waals surface area contributed by atoms with Crippen molar-refractivity contribution in [3.05, 3.63) is 59.9 Å². The first kappa shape index (κ1) is 18.4. The second-order valence-corrected chi connectivity index (χ2v) is 6.87. The number of rotatable bonds is 8. The molecule has 0 saturated heterocycles. The van der Waals surface area contributed by atoms with E-state index in [2.05, 4.69) is 4.98 Å². The van der Waals surface area contributed by atoms with Gasteiger partial charge in [-0.25, -0.2) is 0 Å². The Morgan fingerprint density at radius 1 is 1.17 bits per heavy atom. The second-order valence-electron chi connectivity index (χ2n) is 4.88. The van der Waals surface area contributed by atoms with Crippen LogP contribution in [-0.2, 0) is 13.6 Å². The lowest BCUT2D eigenvalue weighted by molar-refractivity contribution is 0.231. The Morgan fingerprint density at radius 3 is 2.50 bits per heavy atom. The molecule has 0 unspecified atom stereocenters. The van der Waals surface area contributed by atoms with Gasteiger partial charge in [0.15, 0.2) is 0 Å². The van der Waals surface area contributed by atoms with Gasteiger partial charge in [0.2, 0.25) is 0 Å². The Labute approximate surface area is 142 Å². The highest BCUT2D eigenvalue weighted by molar-refractivity contribution is 7.65. The molecule has 0 N–H and O–H groups in total. The van der Waals surface area contributed by atoms with E-state index in [1.807, 2.05) is 30.3 Å². The van der Waals surface area contributed by atoms with Crippen molar-refractivity contribution in [2.75, 3.05) is 20.3 Å². The first-order valence-corrected chi connectivity index (χ1v) is 9.33. The van der Waals surface area contributed by atoms with Crippen molar-refractivity contribution in [3.8, 4) is 5.75 Å². The molecule has 24 heavy (non-hydrogen) atoms. The van der Waals surface area contributed by atoms with Crippen LogP contribution in [0, 0.1) is 0 Å². The zero-order valence-electron chi connectivity index (χ0n) is 14.1. The van der Waals surface area contributed by atoms with Gasteiger partial charge in [0, 0.05) is 18.0 Å². The Bertz CT molecular complexity index is 721. The lowest BCUT2D eigenvalue weighted by atomic mass is 10.1. The molecule has 1 heterocycles. The van der Waals surface area contributed by atoms with Crippen molar-refractivity contribution in [3.63, 3.8) is 0 Å². The topological polar surface area (TPSA) is 57.7 Å². The van der Waals surface area contributed by atoms with Crippen LogP contribution in [0.5, 0.6) is 5.75 Å². The van der Waals surface area contributed by atoms with Crippen LogP contribution in [0.25, 0.3) is 11.4 Å². The molecule has 1 aromatic carbocycles. The maximum absolute atomic E-state index is 13.3. The number of benzene rings is 1. The zero-order valence-corrected chi connectivity index (χ0v) is 15.0. The van der Waals surface area contributed by atoms with E-state index < -0.39 is 7.60 Å². The van der Waals surface area contributed by atoms with Crippen molar-refractivity contribution in [2.24, 2.45) is 0 Å². The van der Waals surface area contributed by atoms with Crippen LogP contribution in [0.2, 0.25) is 0 Å². The zero-order chi connectivity index (χ0) is 17.4. The number of pyridine rings is 1. The molecule has 2 rings (SSSR count). The molecule has 0 aliphatic heterocycles.